The molecule has 3 heteroatoms. The second kappa shape index (κ2) is 5.48. The lowest BCUT2D eigenvalue weighted by Crippen LogP contribution is -2.46. The fraction of sp³-hybridized carbons (Fsp3) is 0.917. The second-order valence-electron chi connectivity index (χ2n) is 5.01. The molecule has 2 N–H and O–H groups in total. The lowest BCUT2D eigenvalue weighted by Gasteiger charge is -2.39. The van der Waals surface area contributed by atoms with Gasteiger partial charge in [0.1, 0.15) is 0 Å². The van der Waals surface area contributed by atoms with Gasteiger partial charge in [0.15, 0.2) is 0 Å². The van der Waals surface area contributed by atoms with Crippen LogP contribution in [0.15, 0.2) is 0 Å². The average molecular weight is 209 g/mol. The summed E-state index contributed by atoms with van der Waals surface area (Å²) in [4.78, 5) is 2.41. The Labute approximate surface area is 93.2 Å². The highest BCUT2D eigenvalue weighted by Gasteiger charge is 2.30. The third-order valence-electron chi connectivity index (χ3n) is 3.76. The van der Waals surface area contributed by atoms with E-state index in [4.69, 9.17) is 11.0 Å². The zero-order chi connectivity index (χ0) is 11.4. The minimum atomic E-state index is 0.237. The third-order valence-corrected chi connectivity index (χ3v) is 3.76. The summed E-state index contributed by atoms with van der Waals surface area (Å²) in [7, 11) is 2.18. The predicted molar refractivity (Wildman–Crippen MR) is 62.2 cm³/mol. The van der Waals surface area contributed by atoms with Crippen LogP contribution in [0, 0.1) is 17.2 Å². The van der Waals surface area contributed by atoms with Gasteiger partial charge >= 0.3 is 0 Å². The van der Waals surface area contributed by atoms with Crippen LogP contribution in [0.2, 0.25) is 0 Å². The standard InChI is InChI=1S/C12H23N3/c1-9(2)15(3)11-4-5-12(14)10(8-11)6-7-13/h9-12H,4-6,8,14H2,1-3H3. The second-order valence-corrected chi connectivity index (χ2v) is 5.01. The van der Waals surface area contributed by atoms with Crippen molar-refractivity contribution in [2.75, 3.05) is 7.05 Å². The first kappa shape index (κ1) is 12.5. The summed E-state index contributed by atoms with van der Waals surface area (Å²) in [5.41, 5.74) is 6.03. The summed E-state index contributed by atoms with van der Waals surface area (Å²) < 4.78 is 0. The summed E-state index contributed by atoms with van der Waals surface area (Å²) >= 11 is 0. The van der Waals surface area contributed by atoms with E-state index in [1.165, 1.54) is 6.42 Å². The Morgan fingerprint density at radius 1 is 1.47 bits per heavy atom. The highest BCUT2D eigenvalue weighted by atomic mass is 15.1. The Morgan fingerprint density at radius 2 is 2.13 bits per heavy atom. The van der Waals surface area contributed by atoms with Crippen LogP contribution in [0.3, 0.4) is 0 Å². The lowest BCUT2D eigenvalue weighted by atomic mass is 9.80. The van der Waals surface area contributed by atoms with Crippen LogP contribution >= 0.6 is 0 Å². The van der Waals surface area contributed by atoms with E-state index >= 15 is 0 Å². The molecular weight excluding hydrogens is 186 g/mol. The molecule has 0 saturated heterocycles. The SMILES string of the molecule is CC(C)N(C)C1CCC(N)C(CC#N)C1. The van der Waals surface area contributed by atoms with E-state index in [1.54, 1.807) is 0 Å². The van der Waals surface area contributed by atoms with Crippen molar-refractivity contribution in [3.8, 4) is 6.07 Å². The topological polar surface area (TPSA) is 53.0 Å². The average Bonchev–Trinajstić information content (AvgIpc) is 2.20. The van der Waals surface area contributed by atoms with Gasteiger partial charge in [0.2, 0.25) is 0 Å². The van der Waals surface area contributed by atoms with Crippen LogP contribution < -0.4 is 5.73 Å². The molecule has 0 bridgehead atoms. The molecule has 3 unspecified atom stereocenters. The van der Waals surface area contributed by atoms with Crippen LogP contribution in [-0.2, 0) is 0 Å². The first-order valence-electron chi connectivity index (χ1n) is 5.90. The van der Waals surface area contributed by atoms with Crippen molar-refractivity contribution >= 4 is 0 Å². The van der Waals surface area contributed by atoms with Crippen LogP contribution in [0.4, 0.5) is 0 Å². The van der Waals surface area contributed by atoms with Crippen molar-refractivity contribution in [3.63, 3.8) is 0 Å². The monoisotopic (exact) mass is 209 g/mol. The van der Waals surface area contributed by atoms with Crippen molar-refractivity contribution in [3.05, 3.63) is 0 Å². The predicted octanol–water partition coefficient (Wildman–Crippen LogP) is 1.74. The van der Waals surface area contributed by atoms with Crippen molar-refractivity contribution < 1.29 is 0 Å². The molecule has 15 heavy (non-hydrogen) atoms. The summed E-state index contributed by atoms with van der Waals surface area (Å²) in [6.07, 6.45) is 3.94. The molecule has 3 atom stereocenters. The Morgan fingerprint density at radius 3 is 2.67 bits per heavy atom. The van der Waals surface area contributed by atoms with Gasteiger partial charge in [-0.15, -0.1) is 0 Å². The lowest BCUT2D eigenvalue weighted by molar-refractivity contribution is 0.119. The molecule has 1 saturated carbocycles. The summed E-state index contributed by atoms with van der Waals surface area (Å²) in [5, 5.41) is 8.75. The van der Waals surface area contributed by atoms with Crippen molar-refractivity contribution in [2.45, 2.75) is 57.7 Å². The molecule has 0 heterocycles. The van der Waals surface area contributed by atoms with Gasteiger partial charge in [-0.2, -0.15) is 5.26 Å². The Kier molecular flexibility index (Phi) is 4.56. The number of hydrogen-bond donors (Lipinski definition) is 1. The zero-order valence-electron chi connectivity index (χ0n) is 10.1. The van der Waals surface area contributed by atoms with Gasteiger partial charge in [-0.05, 0) is 46.1 Å². The number of nitrogens with two attached hydrogens (primary N) is 1. The highest BCUT2D eigenvalue weighted by molar-refractivity contribution is 4.91. The van der Waals surface area contributed by atoms with Crippen LogP contribution in [0.5, 0.6) is 0 Å². The Hall–Kier alpha value is -0.590. The molecule has 1 aliphatic carbocycles. The van der Waals surface area contributed by atoms with E-state index < -0.39 is 0 Å². The molecule has 86 valence electrons. The molecule has 0 amide bonds. The molecule has 1 fully saturated rings. The van der Waals surface area contributed by atoms with E-state index in [9.17, 15) is 0 Å². The number of rotatable bonds is 3. The number of hydrogen-bond acceptors (Lipinski definition) is 3. The molecule has 1 rings (SSSR count). The van der Waals surface area contributed by atoms with E-state index in [-0.39, 0.29) is 6.04 Å². The molecule has 1 aliphatic rings. The van der Waals surface area contributed by atoms with Crippen LogP contribution in [-0.4, -0.2) is 30.1 Å². The minimum absolute atomic E-state index is 0.237. The summed E-state index contributed by atoms with van der Waals surface area (Å²) in [6, 6.07) is 3.69. The van der Waals surface area contributed by atoms with E-state index in [1.807, 2.05) is 0 Å². The smallest absolute Gasteiger partial charge is 0.0625 e. The number of nitriles is 1. The molecule has 0 aromatic rings. The fourth-order valence-corrected chi connectivity index (χ4v) is 2.41. The van der Waals surface area contributed by atoms with Crippen molar-refractivity contribution in [1.29, 1.82) is 5.26 Å². The van der Waals surface area contributed by atoms with Gasteiger partial charge < -0.3 is 10.6 Å². The summed E-state index contributed by atoms with van der Waals surface area (Å²) in [5.74, 6) is 0.398. The van der Waals surface area contributed by atoms with Gasteiger partial charge in [-0.25, -0.2) is 0 Å². The quantitative estimate of drug-likeness (QED) is 0.770. The van der Waals surface area contributed by atoms with Gasteiger partial charge in [-0.1, -0.05) is 0 Å². The normalized spacial score (nSPS) is 31.9. The van der Waals surface area contributed by atoms with Gasteiger partial charge in [0.05, 0.1) is 6.07 Å². The van der Waals surface area contributed by atoms with Gasteiger partial charge in [0, 0.05) is 24.5 Å². The molecular formula is C12H23N3. The summed E-state index contributed by atoms with van der Waals surface area (Å²) in [6.45, 7) is 4.43. The Bertz CT molecular complexity index is 232. The van der Waals surface area contributed by atoms with Crippen molar-refractivity contribution in [2.24, 2.45) is 11.7 Å². The molecule has 3 nitrogen and oxygen atoms in total. The van der Waals surface area contributed by atoms with E-state index in [0.717, 1.165) is 12.8 Å². The maximum atomic E-state index is 8.75. The Balaban J connectivity index is 2.54. The molecule has 0 aromatic carbocycles. The molecule has 0 spiro atoms. The molecule has 0 aromatic heterocycles. The van der Waals surface area contributed by atoms with Gasteiger partial charge in [-0.3, -0.25) is 0 Å². The zero-order valence-corrected chi connectivity index (χ0v) is 10.1. The minimum Gasteiger partial charge on any atom is -0.327 e. The highest BCUT2D eigenvalue weighted by Crippen LogP contribution is 2.29. The largest absolute Gasteiger partial charge is 0.327 e. The first-order chi connectivity index (χ1) is 7.06. The van der Waals surface area contributed by atoms with E-state index in [0.29, 0.717) is 24.4 Å². The first-order valence-corrected chi connectivity index (χ1v) is 5.90. The van der Waals surface area contributed by atoms with E-state index in [2.05, 4.69) is 31.9 Å². The maximum Gasteiger partial charge on any atom is 0.0625 e. The van der Waals surface area contributed by atoms with Crippen LogP contribution in [0.1, 0.15) is 39.5 Å². The third kappa shape index (κ3) is 3.19. The molecule has 0 aliphatic heterocycles. The van der Waals surface area contributed by atoms with Crippen LogP contribution in [0.25, 0.3) is 0 Å². The molecule has 0 radical (unpaired) electrons. The number of nitrogens with zero attached hydrogens (tertiary/aromatic N) is 2. The van der Waals surface area contributed by atoms with Crippen molar-refractivity contribution in [1.82, 2.24) is 4.90 Å². The van der Waals surface area contributed by atoms with Gasteiger partial charge in [0.25, 0.3) is 0 Å². The fourth-order valence-electron chi connectivity index (χ4n) is 2.41. The maximum absolute atomic E-state index is 8.75.